The van der Waals surface area contributed by atoms with Crippen LogP contribution >= 0.6 is 0 Å². The van der Waals surface area contributed by atoms with Gasteiger partial charge < -0.3 is 14.8 Å². The number of hydrogen-bond donors (Lipinski definition) is 1. The highest BCUT2D eigenvalue weighted by Gasteiger charge is 2.20. The summed E-state index contributed by atoms with van der Waals surface area (Å²) in [4.78, 5) is 27.9. The van der Waals surface area contributed by atoms with Gasteiger partial charge in [-0.3, -0.25) is 9.59 Å². The van der Waals surface area contributed by atoms with E-state index in [4.69, 9.17) is 0 Å². The minimum atomic E-state index is -0.236. The lowest BCUT2D eigenvalue weighted by Crippen LogP contribution is -2.41. The lowest BCUT2D eigenvalue weighted by molar-refractivity contribution is -0.121. The zero-order valence-corrected chi connectivity index (χ0v) is 17.9. The Balaban J connectivity index is 1.37. The van der Waals surface area contributed by atoms with Gasteiger partial charge in [-0.05, 0) is 38.3 Å². The number of amides is 1. The van der Waals surface area contributed by atoms with Gasteiger partial charge in [0.25, 0.3) is 5.56 Å². The fraction of sp³-hybridized carbons (Fsp3) is 0.522. The molecule has 4 rings (SSSR count). The average molecular weight is 410 g/mol. The fourth-order valence-corrected chi connectivity index (χ4v) is 4.75. The van der Waals surface area contributed by atoms with E-state index in [0.29, 0.717) is 18.1 Å². The van der Waals surface area contributed by atoms with Gasteiger partial charge in [-0.15, -0.1) is 0 Å². The lowest BCUT2D eigenvalue weighted by atomic mass is 10.00. The van der Waals surface area contributed by atoms with E-state index in [1.54, 1.807) is 6.20 Å². The van der Waals surface area contributed by atoms with Gasteiger partial charge in [0.05, 0.1) is 6.20 Å². The van der Waals surface area contributed by atoms with E-state index in [-0.39, 0.29) is 18.0 Å². The van der Waals surface area contributed by atoms with Crippen LogP contribution in [-0.2, 0) is 18.4 Å². The third-order valence-electron chi connectivity index (χ3n) is 6.37. The van der Waals surface area contributed by atoms with E-state index >= 15 is 0 Å². The number of nitrogens with one attached hydrogen (secondary N) is 1. The molecule has 1 amide bonds. The second kappa shape index (κ2) is 9.00. The SMILES string of the molecule is CC[C@H]1CCCCN1CCCNC(=O)Cn1ncc2c3ccccc3n(C)c2c1=O. The quantitative estimate of drug-likeness (QED) is 0.609. The van der Waals surface area contributed by atoms with Crippen LogP contribution in [0.1, 0.15) is 39.0 Å². The van der Waals surface area contributed by atoms with Crippen molar-refractivity contribution in [3.05, 3.63) is 40.8 Å². The van der Waals surface area contributed by atoms with Crippen LogP contribution in [0.5, 0.6) is 0 Å². The number of carbonyl (C=O) groups is 1. The van der Waals surface area contributed by atoms with Crippen molar-refractivity contribution in [3.8, 4) is 0 Å². The number of likely N-dealkylation sites (tertiary alicyclic amines) is 1. The summed E-state index contributed by atoms with van der Waals surface area (Å²) in [5.74, 6) is -0.173. The highest BCUT2D eigenvalue weighted by Crippen LogP contribution is 2.24. The predicted molar refractivity (Wildman–Crippen MR) is 120 cm³/mol. The molecular weight excluding hydrogens is 378 g/mol. The lowest BCUT2D eigenvalue weighted by Gasteiger charge is -2.35. The Hall–Kier alpha value is -2.67. The van der Waals surface area contributed by atoms with E-state index < -0.39 is 0 Å². The molecule has 0 unspecified atom stereocenters. The third kappa shape index (κ3) is 3.99. The molecule has 0 radical (unpaired) electrons. The van der Waals surface area contributed by atoms with Gasteiger partial charge in [-0.25, -0.2) is 4.68 Å². The molecule has 1 aromatic carbocycles. The van der Waals surface area contributed by atoms with Gasteiger partial charge >= 0.3 is 0 Å². The maximum absolute atomic E-state index is 13.0. The van der Waals surface area contributed by atoms with Crippen LogP contribution in [0.3, 0.4) is 0 Å². The predicted octanol–water partition coefficient (Wildman–Crippen LogP) is 2.66. The van der Waals surface area contributed by atoms with Crippen LogP contribution in [0.4, 0.5) is 0 Å². The fourth-order valence-electron chi connectivity index (χ4n) is 4.75. The van der Waals surface area contributed by atoms with Crippen molar-refractivity contribution in [3.63, 3.8) is 0 Å². The van der Waals surface area contributed by atoms with E-state index in [1.165, 1.54) is 30.4 Å². The molecule has 7 nitrogen and oxygen atoms in total. The number of fused-ring (bicyclic) bond motifs is 3. The van der Waals surface area contributed by atoms with E-state index in [2.05, 4.69) is 22.2 Å². The summed E-state index contributed by atoms with van der Waals surface area (Å²) in [6.45, 7) is 4.99. The van der Waals surface area contributed by atoms with Crippen LogP contribution < -0.4 is 10.9 Å². The Morgan fingerprint density at radius 2 is 2.07 bits per heavy atom. The number of carbonyl (C=O) groups excluding carboxylic acids is 1. The van der Waals surface area contributed by atoms with Crippen LogP contribution in [-0.4, -0.2) is 50.8 Å². The molecule has 2 aromatic heterocycles. The highest BCUT2D eigenvalue weighted by molar-refractivity contribution is 6.07. The summed E-state index contributed by atoms with van der Waals surface area (Å²) in [6.07, 6.45) is 7.69. The van der Waals surface area contributed by atoms with Gasteiger partial charge in [0.1, 0.15) is 12.1 Å². The van der Waals surface area contributed by atoms with Gasteiger partial charge in [-0.1, -0.05) is 31.5 Å². The van der Waals surface area contributed by atoms with Crippen molar-refractivity contribution in [1.29, 1.82) is 0 Å². The number of hydrogen-bond acceptors (Lipinski definition) is 4. The summed E-state index contributed by atoms with van der Waals surface area (Å²) in [6, 6.07) is 8.56. The van der Waals surface area contributed by atoms with Crippen molar-refractivity contribution < 1.29 is 4.79 Å². The molecule has 1 saturated heterocycles. The van der Waals surface area contributed by atoms with Crippen molar-refractivity contribution in [2.24, 2.45) is 7.05 Å². The molecule has 1 aliphatic rings. The van der Waals surface area contributed by atoms with Gasteiger partial charge in [-0.2, -0.15) is 5.10 Å². The molecule has 0 bridgehead atoms. The maximum Gasteiger partial charge on any atom is 0.291 e. The molecule has 30 heavy (non-hydrogen) atoms. The average Bonchev–Trinajstić information content (AvgIpc) is 3.06. The summed E-state index contributed by atoms with van der Waals surface area (Å²) in [7, 11) is 1.88. The smallest absolute Gasteiger partial charge is 0.291 e. The van der Waals surface area contributed by atoms with Crippen molar-refractivity contribution >= 4 is 27.7 Å². The minimum absolute atomic E-state index is 0.0579. The number of aromatic nitrogens is 3. The van der Waals surface area contributed by atoms with Gasteiger partial charge in [0.15, 0.2) is 0 Å². The Kier molecular flexibility index (Phi) is 6.18. The first-order chi connectivity index (χ1) is 14.6. The van der Waals surface area contributed by atoms with E-state index in [0.717, 1.165) is 35.8 Å². The van der Waals surface area contributed by atoms with Crippen LogP contribution in [0.2, 0.25) is 0 Å². The molecule has 1 aliphatic heterocycles. The van der Waals surface area contributed by atoms with Crippen molar-refractivity contribution in [2.45, 2.75) is 51.6 Å². The van der Waals surface area contributed by atoms with Crippen molar-refractivity contribution in [2.75, 3.05) is 19.6 Å². The van der Waals surface area contributed by atoms with Gasteiger partial charge in [0.2, 0.25) is 5.91 Å². The number of piperidine rings is 1. The Bertz CT molecular complexity index is 1100. The van der Waals surface area contributed by atoms with Gasteiger partial charge in [0, 0.05) is 42.5 Å². The number of aryl methyl sites for hydroxylation is 1. The number of para-hydroxylation sites is 1. The summed E-state index contributed by atoms with van der Waals surface area (Å²) < 4.78 is 3.14. The molecule has 7 heteroatoms. The van der Waals surface area contributed by atoms with Crippen molar-refractivity contribution in [1.82, 2.24) is 24.6 Å². The Labute approximate surface area is 176 Å². The number of benzene rings is 1. The molecular formula is C23H31N5O2. The first kappa shape index (κ1) is 20.6. The first-order valence-corrected chi connectivity index (χ1v) is 11.0. The summed E-state index contributed by atoms with van der Waals surface area (Å²) in [5.41, 5.74) is 1.33. The Morgan fingerprint density at radius 3 is 2.90 bits per heavy atom. The molecule has 1 atom stereocenters. The molecule has 3 aromatic rings. The standard InChI is InChI=1S/C23H31N5O2/c1-3-17-9-6-7-13-27(17)14-8-12-24-21(29)16-28-23(30)22-19(15-25-28)18-10-4-5-11-20(18)26(22)2/h4-5,10-11,15,17H,3,6-9,12-14,16H2,1-2H3,(H,24,29)/t17-/m0/s1. The number of rotatable bonds is 7. The largest absolute Gasteiger partial charge is 0.354 e. The van der Waals surface area contributed by atoms with E-state index in [1.807, 2.05) is 35.9 Å². The summed E-state index contributed by atoms with van der Waals surface area (Å²) in [5, 5.41) is 9.02. The molecule has 1 fully saturated rings. The van der Waals surface area contributed by atoms with Crippen LogP contribution in [0.25, 0.3) is 21.8 Å². The molecule has 160 valence electrons. The van der Waals surface area contributed by atoms with Crippen LogP contribution in [0, 0.1) is 0 Å². The minimum Gasteiger partial charge on any atom is -0.354 e. The first-order valence-electron chi connectivity index (χ1n) is 11.0. The molecule has 3 heterocycles. The maximum atomic E-state index is 13.0. The number of nitrogens with zero attached hydrogens (tertiary/aromatic N) is 4. The Morgan fingerprint density at radius 1 is 1.23 bits per heavy atom. The third-order valence-corrected chi connectivity index (χ3v) is 6.37. The second-order valence-corrected chi connectivity index (χ2v) is 8.24. The van der Waals surface area contributed by atoms with Crippen LogP contribution in [0.15, 0.2) is 35.3 Å². The van der Waals surface area contributed by atoms with E-state index in [9.17, 15) is 9.59 Å². The zero-order chi connectivity index (χ0) is 21.1. The zero-order valence-electron chi connectivity index (χ0n) is 17.9. The normalized spacial score (nSPS) is 17.6. The molecule has 0 saturated carbocycles. The monoisotopic (exact) mass is 409 g/mol. The highest BCUT2D eigenvalue weighted by atomic mass is 16.2. The second-order valence-electron chi connectivity index (χ2n) is 8.24. The summed E-state index contributed by atoms with van der Waals surface area (Å²) >= 11 is 0. The molecule has 0 aliphatic carbocycles. The molecule has 1 N–H and O–H groups in total. The topological polar surface area (TPSA) is 72.2 Å². The molecule has 0 spiro atoms.